The van der Waals surface area contributed by atoms with Crippen LogP contribution in [0.1, 0.15) is 36.9 Å². The minimum atomic E-state index is -1.17. The normalized spacial score (nSPS) is 12.2. The van der Waals surface area contributed by atoms with E-state index >= 15 is 0 Å². The summed E-state index contributed by atoms with van der Waals surface area (Å²) in [7, 11) is 0. The van der Waals surface area contributed by atoms with Gasteiger partial charge in [0.2, 0.25) is 11.8 Å². The van der Waals surface area contributed by atoms with E-state index in [0.717, 1.165) is 16.2 Å². The minimum Gasteiger partial charge on any atom is -0.463 e. The van der Waals surface area contributed by atoms with Crippen molar-refractivity contribution < 1.29 is 33.0 Å². The summed E-state index contributed by atoms with van der Waals surface area (Å²) < 4.78 is 24.8. The van der Waals surface area contributed by atoms with Gasteiger partial charge >= 0.3 is 12.1 Å². The summed E-state index contributed by atoms with van der Waals surface area (Å²) in [6.07, 6.45) is 2.96. The number of primary amides is 1. The van der Waals surface area contributed by atoms with Gasteiger partial charge in [0, 0.05) is 31.2 Å². The van der Waals surface area contributed by atoms with Gasteiger partial charge in [0.1, 0.15) is 24.2 Å². The van der Waals surface area contributed by atoms with Gasteiger partial charge in [-0.2, -0.15) is 0 Å². The Morgan fingerprint density at radius 3 is 2.37 bits per heavy atom. The van der Waals surface area contributed by atoms with Crippen LogP contribution in [0.5, 0.6) is 0 Å². The van der Waals surface area contributed by atoms with Crippen molar-refractivity contribution in [2.75, 3.05) is 11.9 Å². The molecular weight excluding hydrogens is 559 g/mol. The predicted molar refractivity (Wildman–Crippen MR) is 156 cm³/mol. The number of carbonyl (C=O) groups excluding carboxylic acids is 4. The number of benzene rings is 2. The Balaban J connectivity index is 1.87. The highest BCUT2D eigenvalue weighted by atomic mass is 19.1. The molecule has 3 amide bonds. The quantitative estimate of drug-likeness (QED) is 0.191. The third kappa shape index (κ3) is 10.6. The summed E-state index contributed by atoms with van der Waals surface area (Å²) in [5, 5.41) is 5.15. The van der Waals surface area contributed by atoms with Crippen LogP contribution in [-0.2, 0) is 36.9 Å². The number of esters is 1. The van der Waals surface area contributed by atoms with E-state index in [2.05, 4.69) is 10.6 Å². The smallest absolute Gasteiger partial charge is 0.412 e. The number of aromatic nitrogens is 1. The SMILES string of the molecule is CCOC(=O)/C=C/[C@H](CCC(N)=O)NC(=O)[C@H](Cc1ccc(F)cc1)n1cccc(NC(=O)OCc2ccccc2)c1=O. The topological polar surface area (TPSA) is 159 Å². The second kappa shape index (κ2) is 16.2. The molecule has 11 nitrogen and oxygen atoms in total. The van der Waals surface area contributed by atoms with Crippen LogP contribution in [0.25, 0.3) is 0 Å². The average Bonchev–Trinajstić information content (AvgIpc) is 2.99. The lowest BCUT2D eigenvalue weighted by atomic mass is 10.0. The summed E-state index contributed by atoms with van der Waals surface area (Å²) >= 11 is 0. The number of carbonyl (C=O) groups is 4. The molecule has 0 unspecified atom stereocenters. The lowest BCUT2D eigenvalue weighted by Gasteiger charge is -2.23. The molecule has 3 aromatic rings. The van der Waals surface area contributed by atoms with E-state index in [1.807, 2.05) is 6.07 Å². The molecule has 0 radical (unpaired) electrons. The molecule has 0 spiro atoms. The average molecular weight is 593 g/mol. The fourth-order valence-corrected chi connectivity index (χ4v) is 4.06. The number of nitrogens with zero attached hydrogens (tertiary/aromatic N) is 1. The Morgan fingerprint density at radius 2 is 1.70 bits per heavy atom. The summed E-state index contributed by atoms with van der Waals surface area (Å²) in [5.74, 6) is -2.37. The second-order valence-electron chi connectivity index (χ2n) is 9.40. The van der Waals surface area contributed by atoms with E-state index in [9.17, 15) is 28.4 Å². The number of nitrogens with two attached hydrogens (primary N) is 1. The first-order valence-electron chi connectivity index (χ1n) is 13.5. The van der Waals surface area contributed by atoms with Crippen molar-refractivity contribution >= 4 is 29.6 Å². The molecule has 1 heterocycles. The Hall–Kier alpha value is -5.26. The van der Waals surface area contributed by atoms with Crippen molar-refractivity contribution in [1.29, 1.82) is 0 Å². The number of halogens is 1. The van der Waals surface area contributed by atoms with Crippen molar-refractivity contribution in [1.82, 2.24) is 9.88 Å². The first-order chi connectivity index (χ1) is 20.7. The number of pyridine rings is 1. The van der Waals surface area contributed by atoms with Crippen LogP contribution in [0.3, 0.4) is 0 Å². The number of anilines is 1. The fourth-order valence-electron chi connectivity index (χ4n) is 4.06. The molecule has 0 fully saturated rings. The molecule has 2 aromatic carbocycles. The molecule has 43 heavy (non-hydrogen) atoms. The second-order valence-corrected chi connectivity index (χ2v) is 9.40. The highest BCUT2D eigenvalue weighted by Crippen LogP contribution is 2.17. The molecule has 1 aromatic heterocycles. The number of hydrogen-bond acceptors (Lipinski definition) is 7. The molecule has 2 atom stereocenters. The minimum absolute atomic E-state index is 0.0185. The molecule has 226 valence electrons. The summed E-state index contributed by atoms with van der Waals surface area (Å²) in [5.41, 5.74) is 5.75. The molecule has 0 bridgehead atoms. The number of ether oxygens (including phenoxy) is 2. The van der Waals surface area contributed by atoms with Crippen LogP contribution < -0.4 is 21.9 Å². The van der Waals surface area contributed by atoms with E-state index < -0.39 is 47.3 Å². The molecular formula is C31H33FN4O7. The fraction of sp³-hybridized carbons (Fsp3) is 0.258. The molecule has 12 heteroatoms. The summed E-state index contributed by atoms with van der Waals surface area (Å²) in [4.78, 5) is 62.9. The van der Waals surface area contributed by atoms with Gasteiger partial charge in [0.25, 0.3) is 5.56 Å². The molecule has 0 aliphatic rings. The number of nitrogens with one attached hydrogen (secondary N) is 2. The monoisotopic (exact) mass is 592 g/mol. The number of amides is 3. The Kier molecular flexibility index (Phi) is 12.2. The van der Waals surface area contributed by atoms with E-state index in [-0.39, 0.29) is 38.2 Å². The zero-order valence-corrected chi connectivity index (χ0v) is 23.5. The molecule has 0 aliphatic carbocycles. The largest absolute Gasteiger partial charge is 0.463 e. The van der Waals surface area contributed by atoms with E-state index in [4.69, 9.17) is 15.2 Å². The van der Waals surface area contributed by atoms with E-state index in [0.29, 0.717) is 5.56 Å². The van der Waals surface area contributed by atoms with Crippen LogP contribution in [0.4, 0.5) is 14.9 Å². The highest BCUT2D eigenvalue weighted by Gasteiger charge is 2.25. The lowest BCUT2D eigenvalue weighted by Crippen LogP contribution is -2.43. The Labute approximate surface area is 247 Å². The van der Waals surface area contributed by atoms with Crippen LogP contribution >= 0.6 is 0 Å². The van der Waals surface area contributed by atoms with Crippen molar-refractivity contribution in [3.8, 4) is 0 Å². The lowest BCUT2D eigenvalue weighted by molar-refractivity contribution is -0.137. The zero-order valence-electron chi connectivity index (χ0n) is 23.5. The number of rotatable bonds is 14. The van der Waals surface area contributed by atoms with Gasteiger partial charge in [-0.25, -0.2) is 14.0 Å². The Morgan fingerprint density at radius 1 is 0.977 bits per heavy atom. The maximum atomic E-state index is 13.7. The number of hydrogen-bond donors (Lipinski definition) is 3. The van der Waals surface area contributed by atoms with Gasteiger partial charge in [-0.05, 0) is 48.7 Å². The molecule has 3 rings (SSSR count). The molecule has 4 N–H and O–H groups in total. The van der Waals surface area contributed by atoms with Crippen molar-refractivity contribution in [3.63, 3.8) is 0 Å². The van der Waals surface area contributed by atoms with Crippen LogP contribution in [0, 0.1) is 5.82 Å². The van der Waals surface area contributed by atoms with Crippen LogP contribution in [0.2, 0.25) is 0 Å². The zero-order chi connectivity index (χ0) is 31.2. The maximum absolute atomic E-state index is 13.7. The van der Waals surface area contributed by atoms with E-state index in [1.165, 1.54) is 48.7 Å². The van der Waals surface area contributed by atoms with Gasteiger partial charge in [-0.1, -0.05) is 48.5 Å². The van der Waals surface area contributed by atoms with Crippen molar-refractivity contribution in [2.45, 2.75) is 44.9 Å². The standard InChI is InChI=1S/C31H33FN4O7/c1-2-42-28(38)17-15-24(14-16-27(33)37)34-29(39)26(19-21-10-12-23(32)13-11-21)36-18-6-9-25(30(36)40)35-31(41)43-20-22-7-4-3-5-8-22/h3-13,15,17-18,24,26H,2,14,16,19-20H2,1H3,(H2,33,37)(H,34,39)(H,35,41)/b17-15+/t24-,26-/m0/s1. The molecule has 0 saturated carbocycles. The summed E-state index contributed by atoms with van der Waals surface area (Å²) in [6.45, 7) is 1.77. The predicted octanol–water partition coefficient (Wildman–Crippen LogP) is 3.39. The van der Waals surface area contributed by atoms with Gasteiger partial charge in [0.15, 0.2) is 0 Å². The third-order valence-electron chi connectivity index (χ3n) is 6.19. The Bertz CT molecular complexity index is 1490. The van der Waals surface area contributed by atoms with Crippen LogP contribution in [0.15, 0.2) is 89.9 Å². The van der Waals surface area contributed by atoms with Gasteiger partial charge in [-0.15, -0.1) is 0 Å². The van der Waals surface area contributed by atoms with Crippen molar-refractivity contribution in [2.24, 2.45) is 5.73 Å². The summed E-state index contributed by atoms with van der Waals surface area (Å²) in [6, 6.07) is 15.2. The molecule has 0 aliphatic heterocycles. The van der Waals surface area contributed by atoms with Gasteiger partial charge < -0.3 is 25.1 Å². The van der Waals surface area contributed by atoms with Crippen molar-refractivity contribution in [3.05, 3.63) is 112 Å². The van der Waals surface area contributed by atoms with Gasteiger partial charge in [-0.3, -0.25) is 19.7 Å². The van der Waals surface area contributed by atoms with E-state index in [1.54, 1.807) is 31.2 Å². The van der Waals surface area contributed by atoms with Gasteiger partial charge in [0.05, 0.1) is 6.61 Å². The maximum Gasteiger partial charge on any atom is 0.412 e. The first kappa shape index (κ1) is 32.3. The first-order valence-corrected chi connectivity index (χ1v) is 13.5. The highest BCUT2D eigenvalue weighted by molar-refractivity contribution is 5.85. The third-order valence-corrected chi connectivity index (χ3v) is 6.19. The van der Waals surface area contributed by atoms with Crippen LogP contribution in [-0.4, -0.2) is 41.1 Å². The molecule has 0 saturated heterocycles.